The van der Waals surface area contributed by atoms with Gasteiger partial charge in [-0.1, -0.05) is 35.9 Å². The molecule has 1 N–H and O–H groups in total. The zero-order valence-corrected chi connectivity index (χ0v) is 18.0. The number of aromatic nitrogens is 2. The van der Waals surface area contributed by atoms with Gasteiger partial charge in [0.25, 0.3) is 0 Å². The highest BCUT2D eigenvalue weighted by atomic mass is 35.5. The van der Waals surface area contributed by atoms with Crippen LogP contribution in [0.3, 0.4) is 0 Å². The lowest BCUT2D eigenvalue weighted by Crippen LogP contribution is -2.38. The lowest BCUT2D eigenvalue weighted by molar-refractivity contribution is -0.124. The molecule has 2 fully saturated rings. The minimum absolute atomic E-state index is 0.212. The normalized spacial score (nSPS) is 23.7. The van der Waals surface area contributed by atoms with Crippen LogP contribution < -0.4 is 5.32 Å². The molecule has 1 aliphatic carbocycles. The molecule has 3 atom stereocenters. The number of hydrogen-bond donors (Lipinski definition) is 1. The summed E-state index contributed by atoms with van der Waals surface area (Å²) in [6.45, 7) is 2.41. The fourth-order valence-electron chi connectivity index (χ4n) is 5.14. The molecule has 1 amide bonds. The first-order valence-electron chi connectivity index (χ1n) is 10.7. The van der Waals surface area contributed by atoms with E-state index < -0.39 is 0 Å². The highest BCUT2D eigenvalue weighted by Crippen LogP contribution is 2.38. The maximum Gasteiger partial charge on any atom is 0.220 e. The third-order valence-corrected chi connectivity index (χ3v) is 7.08. The maximum atomic E-state index is 11.8. The number of nitrogens with zero attached hydrogens (tertiary/aromatic N) is 3. The highest BCUT2D eigenvalue weighted by molar-refractivity contribution is 6.30. The molecule has 0 spiro atoms. The largest absolute Gasteiger partial charge is 0.356 e. The molecule has 0 bridgehead atoms. The SMILES string of the molecule is CN(Cc1nc2ccccc2n1Cc1ccc(Cl)cc1)[C@H]1C[C@H]2CNC(=O)C[C@H]2C1. The van der Waals surface area contributed by atoms with Crippen LogP contribution in [0.5, 0.6) is 0 Å². The number of halogens is 1. The first-order chi connectivity index (χ1) is 14.6. The van der Waals surface area contributed by atoms with E-state index in [4.69, 9.17) is 16.6 Å². The van der Waals surface area contributed by atoms with Gasteiger partial charge in [-0.05, 0) is 61.6 Å². The third-order valence-electron chi connectivity index (χ3n) is 6.83. The number of hydrogen-bond acceptors (Lipinski definition) is 3. The van der Waals surface area contributed by atoms with E-state index in [0.29, 0.717) is 24.3 Å². The van der Waals surface area contributed by atoms with Crippen molar-refractivity contribution >= 4 is 28.5 Å². The topological polar surface area (TPSA) is 50.2 Å². The zero-order valence-electron chi connectivity index (χ0n) is 17.2. The highest BCUT2D eigenvalue weighted by Gasteiger charge is 2.39. The van der Waals surface area contributed by atoms with Gasteiger partial charge in [0, 0.05) is 30.6 Å². The summed E-state index contributed by atoms with van der Waals surface area (Å²) in [5.41, 5.74) is 3.40. The predicted molar refractivity (Wildman–Crippen MR) is 119 cm³/mol. The van der Waals surface area contributed by atoms with E-state index in [9.17, 15) is 4.79 Å². The fourth-order valence-corrected chi connectivity index (χ4v) is 5.27. The van der Waals surface area contributed by atoms with E-state index in [2.05, 4.69) is 52.2 Å². The van der Waals surface area contributed by atoms with Crippen molar-refractivity contribution in [2.75, 3.05) is 13.6 Å². The van der Waals surface area contributed by atoms with Crippen LogP contribution in [0.2, 0.25) is 5.02 Å². The summed E-state index contributed by atoms with van der Waals surface area (Å²) >= 11 is 6.07. The van der Waals surface area contributed by atoms with Crippen molar-refractivity contribution in [3.05, 3.63) is 64.9 Å². The van der Waals surface area contributed by atoms with Crippen LogP contribution in [0.15, 0.2) is 48.5 Å². The fraction of sp³-hybridized carbons (Fsp3) is 0.417. The van der Waals surface area contributed by atoms with Crippen molar-refractivity contribution in [3.8, 4) is 0 Å². The monoisotopic (exact) mass is 422 g/mol. The number of amides is 1. The van der Waals surface area contributed by atoms with Crippen molar-refractivity contribution in [1.29, 1.82) is 0 Å². The number of imidazole rings is 1. The number of fused-ring (bicyclic) bond motifs is 2. The second kappa shape index (κ2) is 8.05. The van der Waals surface area contributed by atoms with Gasteiger partial charge in [0.2, 0.25) is 5.91 Å². The van der Waals surface area contributed by atoms with E-state index in [1.165, 1.54) is 5.56 Å². The van der Waals surface area contributed by atoms with Crippen molar-refractivity contribution in [2.24, 2.45) is 11.8 Å². The molecule has 30 heavy (non-hydrogen) atoms. The Balaban J connectivity index is 1.38. The second-order valence-electron chi connectivity index (χ2n) is 8.80. The van der Waals surface area contributed by atoms with Gasteiger partial charge in [0.15, 0.2) is 0 Å². The van der Waals surface area contributed by atoms with E-state index in [-0.39, 0.29) is 5.91 Å². The van der Waals surface area contributed by atoms with Gasteiger partial charge in [-0.25, -0.2) is 4.98 Å². The van der Waals surface area contributed by atoms with Crippen LogP contribution in [0.4, 0.5) is 0 Å². The molecule has 2 heterocycles. The van der Waals surface area contributed by atoms with Gasteiger partial charge in [-0.2, -0.15) is 0 Å². The van der Waals surface area contributed by atoms with Crippen molar-refractivity contribution in [2.45, 2.75) is 38.4 Å². The molecule has 2 aromatic carbocycles. The summed E-state index contributed by atoms with van der Waals surface area (Å²) in [7, 11) is 2.20. The average molecular weight is 423 g/mol. The number of piperidine rings is 1. The van der Waals surface area contributed by atoms with Gasteiger partial charge in [-0.3, -0.25) is 9.69 Å². The van der Waals surface area contributed by atoms with Gasteiger partial charge >= 0.3 is 0 Å². The van der Waals surface area contributed by atoms with E-state index in [1.54, 1.807) is 0 Å². The standard InChI is InChI=1S/C24H27ClN4O/c1-28(20-10-17-12-24(30)26-13-18(17)11-20)15-23-27-21-4-2-3-5-22(21)29(23)14-16-6-8-19(25)9-7-16/h2-9,17-18,20H,10-15H2,1H3,(H,26,30)/t17-,18+,20-/m1/s1. The number of carbonyl (C=O) groups excluding carboxylic acids is 1. The third kappa shape index (κ3) is 3.84. The molecule has 1 aromatic heterocycles. The summed E-state index contributed by atoms with van der Waals surface area (Å²) in [6, 6.07) is 16.9. The van der Waals surface area contributed by atoms with Crippen LogP contribution in [-0.4, -0.2) is 40.0 Å². The smallest absolute Gasteiger partial charge is 0.220 e. The molecule has 156 valence electrons. The summed E-state index contributed by atoms with van der Waals surface area (Å²) in [4.78, 5) is 19.2. The average Bonchev–Trinajstić information content (AvgIpc) is 3.31. The minimum Gasteiger partial charge on any atom is -0.356 e. The molecular formula is C24H27ClN4O. The van der Waals surface area contributed by atoms with Gasteiger partial charge in [-0.15, -0.1) is 0 Å². The van der Waals surface area contributed by atoms with Gasteiger partial charge in [0.1, 0.15) is 5.82 Å². The Morgan fingerprint density at radius 3 is 2.73 bits per heavy atom. The van der Waals surface area contributed by atoms with Crippen LogP contribution in [0.25, 0.3) is 11.0 Å². The van der Waals surface area contributed by atoms with Crippen molar-refractivity contribution in [3.63, 3.8) is 0 Å². The van der Waals surface area contributed by atoms with E-state index in [0.717, 1.165) is 54.4 Å². The minimum atomic E-state index is 0.212. The van der Waals surface area contributed by atoms with Crippen LogP contribution in [-0.2, 0) is 17.9 Å². The van der Waals surface area contributed by atoms with Crippen LogP contribution in [0, 0.1) is 11.8 Å². The number of benzene rings is 2. The van der Waals surface area contributed by atoms with Gasteiger partial charge in [0.05, 0.1) is 17.6 Å². The first-order valence-corrected chi connectivity index (χ1v) is 11.1. The summed E-state index contributed by atoms with van der Waals surface area (Å²) in [6.07, 6.45) is 2.94. The van der Waals surface area contributed by atoms with Gasteiger partial charge < -0.3 is 9.88 Å². The number of para-hydroxylation sites is 2. The molecule has 0 radical (unpaired) electrons. The lowest BCUT2D eigenvalue weighted by Gasteiger charge is -2.24. The Hall–Kier alpha value is -2.37. The number of nitrogens with one attached hydrogen (secondary N) is 1. The Kier molecular flexibility index (Phi) is 5.25. The maximum absolute atomic E-state index is 11.8. The molecular weight excluding hydrogens is 396 g/mol. The van der Waals surface area contributed by atoms with Crippen molar-refractivity contribution in [1.82, 2.24) is 19.8 Å². The Morgan fingerprint density at radius 1 is 1.13 bits per heavy atom. The molecule has 3 aromatic rings. The Morgan fingerprint density at radius 2 is 1.90 bits per heavy atom. The van der Waals surface area contributed by atoms with Crippen LogP contribution >= 0.6 is 11.6 Å². The molecule has 5 nitrogen and oxygen atoms in total. The number of rotatable bonds is 5. The van der Waals surface area contributed by atoms with E-state index >= 15 is 0 Å². The molecule has 1 saturated heterocycles. The predicted octanol–water partition coefficient (Wildman–Crippen LogP) is 4.08. The quantitative estimate of drug-likeness (QED) is 0.673. The molecule has 5 rings (SSSR count). The molecule has 2 aliphatic rings. The number of carbonyl (C=O) groups is 1. The second-order valence-corrected chi connectivity index (χ2v) is 9.23. The zero-order chi connectivity index (χ0) is 20.7. The molecule has 1 aliphatic heterocycles. The summed E-state index contributed by atoms with van der Waals surface area (Å²) < 4.78 is 2.32. The molecule has 1 saturated carbocycles. The Labute approximate surface area is 182 Å². The lowest BCUT2D eigenvalue weighted by atomic mass is 9.89. The van der Waals surface area contributed by atoms with E-state index in [1.807, 2.05) is 18.2 Å². The summed E-state index contributed by atoms with van der Waals surface area (Å²) in [5, 5.41) is 3.79. The Bertz CT molecular complexity index is 1060. The summed E-state index contributed by atoms with van der Waals surface area (Å²) in [5.74, 6) is 2.43. The first kappa shape index (κ1) is 19.6. The molecule has 0 unspecified atom stereocenters. The molecule has 6 heteroatoms. The van der Waals surface area contributed by atoms with Crippen molar-refractivity contribution < 1.29 is 4.79 Å². The van der Waals surface area contributed by atoms with Crippen LogP contribution in [0.1, 0.15) is 30.7 Å².